The lowest BCUT2D eigenvalue weighted by Gasteiger charge is -2.30. The topological polar surface area (TPSA) is 106 Å². The van der Waals surface area contributed by atoms with E-state index in [9.17, 15) is 13.2 Å². The molecule has 3 aromatic rings. The number of anilines is 1. The van der Waals surface area contributed by atoms with Gasteiger partial charge in [0.15, 0.2) is 6.61 Å². The van der Waals surface area contributed by atoms with Gasteiger partial charge in [0.25, 0.3) is 5.91 Å². The van der Waals surface area contributed by atoms with Gasteiger partial charge in [-0.25, -0.2) is 8.42 Å². The van der Waals surface area contributed by atoms with Crippen molar-refractivity contribution in [3.05, 3.63) is 48.0 Å². The van der Waals surface area contributed by atoms with Crippen LogP contribution in [0.4, 0.5) is 5.69 Å². The second-order valence-corrected chi connectivity index (χ2v) is 10.8. The summed E-state index contributed by atoms with van der Waals surface area (Å²) < 4.78 is 27.8. The summed E-state index contributed by atoms with van der Waals surface area (Å²) >= 11 is 0. The normalized spacial score (nSPS) is 17.4. The number of piperidine rings is 1. The first kappa shape index (κ1) is 23.2. The summed E-state index contributed by atoms with van der Waals surface area (Å²) in [6, 6.07) is 12.2. The molecule has 1 fully saturated rings. The van der Waals surface area contributed by atoms with Crippen LogP contribution >= 0.6 is 0 Å². The van der Waals surface area contributed by atoms with Crippen molar-refractivity contribution in [3.8, 4) is 0 Å². The van der Waals surface area contributed by atoms with E-state index in [-0.39, 0.29) is 17.4 Å². The summed E-state index contributed by atoms with van der Waals surface area (Å²) in [5.41, 5.74) is 2.71. The van der Waals surface area contributed by atoms with Crippen molar-refractivity contribution in [3.63, 3.8) is 0 Å². The highest BCUT2D eigenvalue weighted by molar-refractivity contribution is 7.89. The van der Waals surface area contributed by atoms with Gasteiger partial charge in [0.05, 0.1) is 4.90 Å². The van der Waals surface area contributed by atoms with Crippen molar-refractivity contribution in [2.24, 2.45) is 5.92 Å². The number of hydrogen-bond donors (Lipinski definition) is 1. The fourth-order valence-corrected chi connectivity index (χ4v) is 5.53. The average Bonchev–Trinajstić information content (AvgIpc) is 3.20. The minimum Gasteiger partial charge on any atom is -0.385 e. The van der Waals surface area contributed by atoms with E-state index in [4.69, 9.17) is 4.84 Å². The molecule has 1 aromatic heterocycles. The maximum Gasteiger partial charge on any atom is 0.265 e. The van der Waals surface area contributed by atoms with Crippen molar-refractivity contribution in [1.29, 1.82) is 0 Å². The molecule has 1 unspecified atom stereocenters. The van der Waals surface area contributed by atoms with Crippen molar-refractivity contribution in [1.82, 2.24) is 19.5 Å². The third-order valence-corrected chi connectivity index (χ3v) is 7.68. The van der Waals surface area contributed by atoms with E-state index in [1.54, 1.807) is 6.07 Å². The van der Waals surface area contributed by atoms with Gasteiger partial charge < -0.3 is 10.2 Å². The van der Waals surface area contributed by atoms with Crippen molar-refractivity contribution in [2.75, 3.05) is 25.0 Å². The van der Waals surface area contributed by atoms with E-state index in [1.807, 2.05) is 24.3 Å². The number of fused-ring (bicyclic) bond motifs is 1. The van der Waals surface area contributed by atoms with E-state index in [1.165, 1.54) is 22.0 Å². The highest BCUT2D eigenvalue weighted by Crippen LogP contribution is 2.25. The molecule has 1 amide bonds. The van der Waals surface area contributed by atoms with Gasteiger partial charge in [-0.1, -0.05) is 37.7 Å². The average molecular weight is 472 g/mol. The number of amides is 1. The summed E-state index contributed by atoms with van der Waals surface area (Å²) in [6.45, 7) is 6.98. The molecule has 1 N–H and O–H groups in total. The highest BCUT2D eigenvalue weighted by Gasteiger charge is 2.29. The molecule has 0 saturated carbocycles. The van der Waals surface area contributed by atoms with Gasteiger partial charge in [-0.15, -0.1) is 5.10 Å². The van der Waals surface area contributed by atoms with Gasteiger partial charge in [-0.05, 0) is 65.8 Å². The van der Waals surface area contributed by atoms with Crippen molar-refractivity contribution in [2.45, 2.75) is 44.4 Å². The summed E-state index contributed by atoms with van der Waals surface area (Å²) in [5, 5.41) is 10.7. The van der Waals surface area contributed by atoms with E-state index in [2.05, 4.69) is 36.4 Å². The molecule has 10 heteroatoms. The van der Waals surface area contributed by atoms with E-state index in [0.717, 1.165) is 17.7 Å². The van der Waals surface area contributed by atoms with Gasteiger partial charge in [0, 0.05) is 18.8 Å². The Labute approximate surface area is 193 Å². The van der Waals surface area contributed by atoms with Crippen LogP contribution in [0, 0.1) is 5.92 Å². The molecule has 4 rings (SSSR count). The molecule has 0 radical (unpaired) electrons. The molecule has 176 valence electrons. The Morgan fingerprint density at radius 3 is 2.67 bits per heavy atom. The molecule has 9 nitrogen and oxygen atoms in total. The number of nitrogens with one attached hydrogen (secondary N) is 1. The Bertz CT molecular complexity index is 1240. The van der Waals surface area contributed by atoms with Crippen LogP contribution in [0.15, 0.2) is 47.4 Å². The third kappa shape index (κ3) is 5.17. The molecule has 33 heavy (non-hydrogen) atoms. The Morgan fingerprint density at radius 2 is 1.97 bits per heavy atom. The summed E-state index contributed by atoms with van der Waals surface area (Å²) in [6.07, 6.45) is 1.88. The fourth-order valence-electron chi connectivity index (χ4n) is 3.92. The zero-order chi connectivity index (χ0) is 23.6. The lowest BCUT2D eigenvalue weighted by Crippen LogP contribution is -2.39. The fraction of sp³-hybridized carbons (Fsp3) is 0.435. The monoisotopic (exact) mass is 471 g/mol. The van der Waals surface area contributed by atoms with E-state index in [0.29, 0.717) is 41.6 Å². The Kier molecular flexibility index (Phi) is 6.66. The maximum atomic E-state index is 13.1. The predicted molar refractivity (Wildman–Crippen MR) is 125 cm³/mol. The van der Waals surface area contributed by atoms with Crippen LogP contribution in [0.2, 0.25) is 0 Å². The second-order valence-electron chi connectivity index (χ2n) is 8.82. The number of carbonyl (C=O) groups is 1. The Morgan fingerprint density at radius 1 is 1.21 bits per heavy atom. The summed E-state index contributed by atoms with van der Waals surface area (Å²) in [5.74, 6) is 0.376. The summed E-state index contributed by atoms with van der Waals surface area (Å²) in [4.78, 5) is 19.1. The van der Waals surface area contributed by atoms with Crippen LogP contribution in [-0.2, 0) is 14.8 Å². The highest BCUT2D eigenvalue weighted by atomic mass is 32.2. The molecule has 2 aromatic carbocycles. The molecule has 1 aliphatic rings. The maximum absolute atomic E-state index is 13.1. The zero-order valence-corrected chi connectivity index (χ0v) is 19.9. The predicted octanol–water partition coefficient (Wildman–Crippen LogP) is 3.04. The molecule has 1 atom stereocenters. The second kappa shape index (κ2) is 9.48. The van der Waals surface area contributed by atoms with Gasteiger partial charge in [-0.3, -0.25) is 4.79 Å². The number of hydrogen-bond acceptors (Lipinski definition) is 6. The van der Waals surface area contributed by atoms with Gasteiger partial charge in [0.1, 0.15) is 11.0 Å². The minimum absolute atomic E-state index is 0.158. The smallest absolute Gasteiger partial charge is 0.265 e. The number of carbonyl (C=O) groups excluding carboxylic acids is 1. The van der Waals surface area contributed by atoms with Crippen LogP contribution in [0.3, 0.4) is 0 Å². The van der Waals surface area contributed by atoms with Crippen LogP contribution in [0.1, 0.15) is 45.1 Å². The van der Waals surface area contributed by atoms with Gasteiger partial charge in [0.2, 0.25) is 10.0 Å². The van der Waals surface area contributed by atoms with E-state index < -0.39 is 10.0 Å². The standard InChI is InChI=1S/C23H29N5O4S/c1-16(2)18-6-8-19(9-7-18)24-23(29)15-32-28-22-13-20(10-11-21(22)25-26-28)33(30,31)27-12-4-5-17(3)14-27/h6-11,13,16-17H,4-5,12,14-15H2,1-3H3,(H,24,29). The first-order chi connectivity index (χ1) is 15.7. The molecule has 0 spiro atoms. The first-order valence-corrected chi connectivity index (χ1v) is 12.6. The molecule has 2 heterocycles. The number of nitrogens with zero attached hydrogens (tertiary/aromatic N) is 4. The van der Waals surface area contributed by atoms with Crippen LogP contribution in [0.25, 0.3) is 11.0 Å². The molecule has 1 aliphatic heterocycles. The molecule has 0 bridgehead atoms. The lowest BCUT2D eigenvalue weighted by molar-refractivity contribution is -0.121. The van der Waals surface area contributed by atoms with Crippen molar-refractivity contribution < 1.29 is 18.0 Å². The van der Waals surface area contributed by atoms with Gasteiger partial charge in [-0.2, -0.15) is 4.31 Å². The number of rotatable bonds is 7. The van der Waals surface area contributed by atoms with Crippen LogP contribution in [-0.4, -0.2) is 53.5 Å². The number of aromatic nitrogens is 3. The quantitative estimate of drug-likeness (QED) is 0.568. The summed E-state index contributed by atoms with van der Waals surface area (Å²) in [7, 11) is -3.63. The molecular formula is C23H29N5O4S. The largest absolute Gasteiger partial charge is 0.385 e. The molecule has 0 aliphatic carbocycles. The Balaban J connectivity index is 1.45. The number of sulfonamides is 1. The SMILES string of the molecule is CC1CCCN(S(=O)(=O)c2ccc3nnn(OCC(=O)Nc4ccc(C(C)C)cc4)c3c2)C1. The van der Waals surface area contributed by atoms with E-state index >= 15 is 0 Å². The van der Waals surface area contributed by atoms with Gasteiger partial charge >= 0.3 is 0 Å². The third-order valence-electron chi connectivity index (χ3n) is 5.82. The van der Waals surface area contributed by atoms with Crippen LogP contribution < -0.4 is 10.2 Å². The number of benzene rings is 2. The van der Waals surface area contributed by atoms with Crippen LogP contribution in [0.5, 0.6) is 0 Å². The lowest BCUT2D eigenvalue weighted by atomic mass is 10.0. The minimum atomic E-state index is -3.63. The first-order valence-electron chi connectivity index (χ1n) is 11.1. The molecular weight excluding hydrogens is 442 g/mol. The molecule has 1 saturated heterocycles. The Hall–Kier alpha value is -2.98. The zero-order valence-electron chi connectivity index (χ0n) is 19.1. The van der Waals surface area contributed by atoms with Crippen molar-refractivity contribution >= 4 is 32.7 Å².